The van der Waals surface area contributed by atoms with Gasteiger partial charge < -0.3 is 9.47 Å². The zero-order valence-corrected chi connectivity index (χ0v) is 12.4. The van der Waals surface area contributed by atoms with Gasteiger partial charge in [0.2, 0.25) is 6.79 Å². The first kappa shape index (κ1) is 13.5. The molecule has 114 valence electrons. The first-order chi connectivity index (χ1) is 11.2. The number of hydrogen-bond donors (Lipinski definition) is 0. The quantitative estimate of drug-likeness (QED) is 0.682. The number of aromatic nitrogens is 2. The number of aryl methyl sites for hydroxylation is 1. The van der Waals surface area contributed by atoms with E-state index in [9.17, 15) is 4.79 Å². The van der Waals surface area contributed by atoms with E-state index in [1.165, 1.54) is 4.68 Å². The highest BCUT2D eigenvalue weighted by Gasteiger charge is 2.16. The Morgan fingerprint density at radius 3 is 2.96 bits per heavy atom. The van der Waals surface area contributed by atoms with Gasteiger partial charge in [0.05, 0.1) is 17.3 Å². The van der Waals surface area contributed by atoms with E-state index >= 15 is 0 Å². The van der Waals surface area contributed by atoms with Crippen LogP contribution in [0.2, 0.25) is 0 Å². The lowest BCUT2D eigenvalue weighted by Crippen LogP contribution is -2.18. The predicted octanol–water partition coefficient (Wildman–Crippen LogP) is 2.41. The van der Waals surface area contributed by atoms with Gasteiger partial charge in [-0.15, -0.1) is 0 Å². The maximum atomic E-state index is 12.1. The lowest BCUT2D eigenvalue weighted by molar-refractivity contribution is 0.174. The van der Waals surface area contributed by atoms with E-state index < -0.39 is 0 Å². The smallest absolute Gasteiger partial charge is 0.274 e. The van der Waals surface area contributed by atoms with E-state index in [0.29, 0.717) is 22.6 Å². The van der Waals surface area contributed by atoms with Gasteiger partial charge in [0.15, 0.2) is 11.5 Å². The van der Waals surface area contributed by atoms with E-state index in [-0.39, 0.29) is 12.4 Å². The molecular formula is C17H13N3O3. The summed E-state index contributed by atoms with van der Waals surface area (Å²) in [7, 11) is 1.63. The van der Waals surface area contributed by atoms with Crippen LogP contribution < -0.4 is 15.0 Å². The summed E-state index contributed by atoms with van der Waals surface area (Å²) in [6.45, 7) is 0.217. The zero-order valence-electron chi connectivity index (χ0n) is 12.4. The van der Waals surface area contributed by atoms with Gasteiger partial charge in [0, 0.05) is 24.2 Å². The van der Waals surface area contributed by atoms with Gasteiger partial charge in [-0.2, -0.15) is 5.10 Å². The van der Waals surface area contributed by atoms with E-state index in [4.69, 9.17) is 9.47 Å². The van der Waals surface area contributed by atoms with Crippen molar-refractivity contribution in [1.29, 1.82) is 0 Å². The van der Waals surface area contributed by atoms with Crippen LogP contribution in [0.15, 0.2) is 52.4 Å². The maximum absolute atomic E-state index is 12.1. The third-order valence-electron chi connectivity index (χ3n) is 3.74. The lowest BCUT2D eigenvalue weighted by Gasteiger charge is -2.03. The number of nitrogens with zero attached hydrogens (tertiary/aromatic N) is 3. The van der Waals surface area contributed by atoms with Crippen molar-refractivity contribution in [1.82, 2.24) is 9.78 Å². The first-order valence-electron chi connectivity index (χ1n) is 7.12. The third kappa shape index (κ3) is 2.24. The second-order valence-corrected chi connectivity index (χ2v) is 5.15. The molecule has 1 aliphatic rings. The van der Waals surface area contributed by atoms with Crippen molar-refractivity contribution in [2.75, 3.05) is 6.79 Å². The van der Waals surface area contributed by atoms with Gasteiger partial charge in [-0.1, -0.05) is 12.1 Å². The van der Waals surface area contributed by atoms with Crippen LogP contribution in [0.1, 0.15) is 5.56 Å². The molecule has 0 amide bonds. The van der Waals surface area contributed by atoms with Gasteiger partial charge in [-0.3, -0.25) is 9.79 Å². The standard InChI is InChI=1S/C17H13N3O3/c1-20-17(21)12-5-3-6-14(13(12)9-19-20)18-8-11-4-2-7-15-16(11)23-10-22-15/h2-9H,10H2,1H3. The summed E-state index contributed by atoms with van der Waals surface area (Å²) < 4.78 is 12.1. The highest BCUT2D eigenvalue weighted by atomic mass is 16.7. The monoisotopic (exact) mass is 307 g/mol. The van der Waals surface area contributed by atoms with Gasteiger partial charge in [-0.05, 0) is 24.3 Å². The van der Waals surface area contributed by atoms with Crippen molar-refractivity contribution in [3.05, 3.63) is 58.5 Å². The molecule has 0 radical (unpaired) electrons. The molecule has 6 heteroatoms. The Morgan fingerprint density at radius 2 is 2.04 bits per heavy atom. The van der Waals surface area contributed by atoms with E-state index in [0.717, 1.165) is 10.9 Å². The van der Waals surface area contributed by atoms with Crippen LogP contribution in [-0.2, 0) is 7.05 Å². The average molecular weight is 307 g/mol. The highest BCUT2D eigenvalue weighted by Crippen LogP contribution is 2.34. The Hall–Kier alpha value is -3.15. The minimum absolute atomic E-state index is 0.142. The third-order valence-corrected chi connectivity index (χ3v) is 3.74. The van der Waals surface area contributed by atoms with Gasteiger partial charge in [0.25, 0.3) is 5.56 Å². The van der Waals surface area contributed by atoms with Crippen LogP contribution in [0.3, 0.4) is 0 Å². The second kappa shape index (κ2) is 5.24. The molecule has 0 bridgehead atoms. The summed E-state index contributed by atoms with van der Waals surface area (Å²) in [4.78, 5) is 16.6. The Morgan fingerprint density at radius 1 is 1.17 bits per heavy atom. The fraction of sp³-hybridized carbons (Fsp3) is 0.118. The van der Waals surface area contributed by atoms with Crippen LogP contribution in [0.4, 0.5) is 5.69 Å². The van der Waals surface area contributed by atoms with Crippen LogP contribution in [0.25, 0.3) is 10.8 Å². The Balaban J connectivity index is 1.81. The fourth-order valence-electron chi connectivity index (χ4n) is 2.55. The average Bonchev–Trinajstić information content (AvgIpc) is 3.05. The summed E-state index contributed by atoms with van der Waals surface area (Å²) in [5.41, 5.74) is 1.37. The molecule has 0 saturated heterocycles. The van der Waals surface area contributed by atoms with Crippen molar-refractivity contribution in [3.8, 4) is 11.5 Å². The number of rotatable bonds is 2. The van der Waals surface area contributed by atoms with Crippen molar-refractivity contribution in [2.45, 2.75) is 0 Å². The van der Waals surface area contributed by atoms with Crippen molar-refractivity contribution >= 4 is 22.7 Å². The lowest BCUT2D eigenvalue weighted by atomic mass is 10.1. The predicted molar refractivity (Wildman–Crippen MR) is 86.8 cm³/mol. The van der Waals surface area contributed by atoms with Crippen LogP contribution >= 0.6 is 0 Å². The molecule has 4 rings (SSSR count). The molecule has 1 aromatic heterocycles. The van der Waals surface area contributed by atoms with Gasteiger partial charge in [-0.25, -0.2) is 4.68 Å². The van der Waals surface area contributed by atoms with Gasteiger partial charge in [0.1, 0.15) is 0 Å². The molecule has 1 aliphatic heterocycles. The molecule has 0 spiro atoms. The van der Waals surface area contributed by atoms with Crippen LogP contribution in [0, 0.1) is 0 Å². The number of para-hydroxylation sites is 1. The minimum atomic E-state index is -0.142. The second-order valence-electron chi connectivity index (χ2n) is 5.15. The summed E-state index contributed by atoms with van der Waals surface area (Å²) in [6, 6.07) is 11.1. The molecule has 23 heavy (non-hydrogen) atoms. The molecule has 6 nitrogen and oxygen atoms in total. The highest BCUT2D eigenvalue weighted by molar-refractivity contribution is 5.95. The van der Waals surface area contributed by atoms with E-state index in [1.54, 1.807) is 25.5 Å². The summed E-state index contributed by atoms with van der Waals surface area (Å²) in [5.74, 6) is 1.40. The Labute approximate surface area is 131 Å². The van der Waals surface area contributed by atoms with Crippen LogP contribution in [-0.4, -0.2) is 22.8 Å². The van der Waals surface area contributed by atoms with Crippen LogP contribution in [0.5, 0.6) is 11.5 Å². The maximum Gasteiger partial charge on any atom is 0.274 e. The van der Waals surface area contributed by atoms with Crippen molar-refractivity contribution in [2.24, 2.45) is 12.0 Å². The fourth-order valence-corrected chi connectivity index (χ4v) is 2.55. The summed E-state index contributed by atoms with van der Waals surface area (Å²) >= 11 is 0. The summed E-state index contributed by atoms with van der Waals surface area (Å²) in [5, 5.41) is 5.38. The molecule has 0 atom stereocenters. The normalized spacial score (nSPS) is 13.1. The number of fused-ring (bicyclic) bond motifs is 2. The zero-order chi connectivity index (χ0) is 15.8. The minimum Gasteiger partial charge on any atom is -0.454 e. The molecule has 3 aromatic rings. The van der Waals surface area contributed by atoms with E-state index in [1.807, 2.05) is 30.3 Å². The molecule has 0 saturated carbocycles. The molecule has 0 aliphatic carbocycles. The molecule has 2 heterocycles. The first-order valence-corrected chi connectivity index (χ1v) is 7.12. The molecule has 0 N–H and O–H groups in total. The van der Waals surface area contributed by atoms with Crippen molar-refractivity contribution < 1.29 is 9.47 Å². The molecule has 0 unspecified atom stereocenters. The SMILES string of the molecule is Cn1ncc2c(N=Cc3cccc4c3OCO4)cccc2c1=O. The Bertz CT molecular complexity index is 992. The molecule has 0 fully saturated rings. The number of aliphatic imine (C=N–C) groups is 1. The number of ether oxygens (including phenoxy) is 2. The number of hydrogen-bond acceptors (Lipinski definition) is 5. The van der Waals surface area contributed by atoms with Crippen molar-refractivity contribution in [3.63, 3.8) is 0 Å². The van der Waals surface area contributed by atoms with E-state index in [2.05, 4.69) is 10.1 Å². The number of benzene rings is 2. The Kier molecular flexibility index (Phi) is 3.08. The van der Waals surface area contributed by atoms with Gasteiger partial charge >= 0.3 is 0 Å². The largest absolute Gasteiger partial charge is 0.454 e. The molecular weight excluding hydrogens is 294 g/mol. The molecule has 2 aromatic carbocycles. The topological polar surface area (TPSA) is 65.7 Å². The summed E-state index contributed by atoms with van der Waals surface area (Å²) in [6.07, 6.45) is 3.36.